The van der Waals surface area contributed by atoms with Crippen molar-refractivity contribution in [2.75, 3.05) is 0 Å². The third-order valence-electron chi connectivity index (χ3n) is 2.76. The van der Waals surface area contributed by atoms with Gasteiger partial charge in [0, 0.05) is 12.1 Å². The maximum atomic E-state index is 3.61. The van der Waals surface area contributed by atoms with Gasteiger partial charge in [0.1, 0.15) is 0 Å². The fourth-order valence-corrected chi connectivity index (χ4v) is 2.18. The van der Waals surface area contributed by atoms with Crippen LogP contribution in [0.25, 0.3) is 0 Å². The van der Waals surface area contributed by atoms with Gasteiger partial charge in [0.15, 0.2) is 0 Å². The van der Waals surface area contributed by atoms with Crippen molar-refractivity contribution < 1.29 is 0 Å². The highest BCUT2D eigenvalue weighted by Crippen LogP contribution is 2.29. The summed E-state index contributed by atoms with van der Waals surface area (Å²) in [7, 11) is 0. The number of fused-ring (bicyclic) bond motifs is 2. The van der Waals surface area contributed by atoms with Gasteiger partial charge in [0.2, 0.25) is 0 Å². The minimum Gasteiger partial charge on any atom is -0.311 e. The average Bonchev–Trinajstić information content (AvgIpc) is 2.30. The van der Waals surface area contributed by atoms with Crippen molar-refractivity contribution in [3.8, 4) is 0 Å². The quantitative estimate of drug-likeness (QED) is 0.502. The lowest BCUT2D eigenvalue weighted by Gasteiger charge is -2.23. The lowest BCUT2D eigenvalue weighted by atomic mass is 9.99. The molecule has 2 unspecified atom stereocenters. The Morgan fingerprint density at radius 3 is 2.40 bits per heavy atom. The van der Waals surface area contributed by atoms with Gasteiger partial charge in [0.25, 0.3) is 0 Å². The number of hydrogen-bond acceptors (Lipinski definition) is 1. The molecule has 1 N–H and O–H groups in total. The Hall–Kier alpha value is -0.300. The maximum absolute atomic E-state index is 3.61. The molecule has 2 bridgehead atoms. The van der Waals surface area contributed by atoms with Crippen LogP contribution in [0.5, 0.6) is 0 Å². The maximum Gasteiger partial charge on any atom is 0.0107 e. The lowest BCUT2D eigenvalue weighted by Crippen LogP contribution is -2.34. The SMILES string of the molecule is CC=C1CC2CCC(C1)N2. The molecule has 2 fully saturated rings. The van der Waals surface area contributed by atoms with Gasteiger partial charge in [-0.15, -0.1) is 0 Å². The minimum atomic E-state index is 0.824. The fourth-order valence-electron chi connectivity index (χ4n) is 2.18. The Morgan fingerprint density at radius 1 is 1.30 bits per heavy atom. The number of nitrogens with one attached hydrogen (secondary N) is 1. The summed E-state index contributed by atoms with van der Waals surface area (Å²) in [5.74, 6) is 0. The van der Waals surface area contributed by atoms with E-state index in [9.17, 15) is 0 Å². The van der Waals surface area contributed by atoms with Crippen molar-refractivity contribution >= 4 is 0 Å². The summed E-state index contributed by atoms with van der Waals surface area (Å²) < 4.78 is 0. The molecule has 0 spiro atoms. The topological polar surface area (TPSA) is 12.0 Å². The van der Waals surface area contributed by atoms with Crippen LogP contribution in [0, 0.1) is 0 Å². The third kappa shape index (κ3) is 0.988. The average molecular weight is 137 g/mol. The number of piperidine rings is 1. The van der Waals surface area contributed by atoms with Crippen molar-refractivity contribution in [3.63, 3.8) is 0 Å². The highest BCUT2D eigenvalue weighted by atomic mass is 15.0. The molecule has 1 heteroatoms. The second kappa shape index (κ2) is 2.39. The second-order valence-corrected chi connectivity index (χ2v) is 3.49. The predicted molar refractivity (Wildman–Crippen MR) is 42.9 cm³/mol. The Bertz CT molecular complexity index is 146. The zero-order valence-corrected chi connectivity index (χ0v) is 6.56. The molecule has 56 valence electrons. The van der Waals surface area contributed by atoms with Crippen molar-refractivity contribution in [2.45, 2.75) is 44.7 Å². The normalized spacial score (nSPS) is 38.3. The van der Waals surface area contributed by atoms with Gasteiger partial charge in [0.05, 0.1) is 0 Å². The molecular formula is C9H15N. The summed E-state index contributed by atoms with van der Waals surface area (Å²) in [6.07, 6.45) is 7.73. The molecular weight excluding hydrogens is 122 g/mol. The van der Waals surface area contributed by atoms with E-state index >= 15 is 0 Å². The van der Waals surface area contributed by atoms with Gasteiger partial charge in [-0.3, -0.25) is 0 Å². The summed E-state index contributed by atoms with van der Waals surface area (Å²) in [6.45, 7) is 2.17. The molecule has 2 atom stereocenters. The highest BCUT2D eigenvalue weighted by Gasteiger charge is 2.29. The highest BCUT2D eigenvalue weighted by molar-refractivity contribution is 5.12. The summed E-state index contributed by atoms with van der Waals surface area (Å²) in [5.41, 5.74) is 1.67. The van der Waals surface area contributed by atoms with E-state index in [-0.39, 0.29) is 0 Å². The van der Waals surface area contributed by atoms with Crippen LogP contribution in [-0.4, -0.2) is 12.1 Å². The van der Waals surface area contributed by atoms with Crippen molar-refractivity contribution in [1.82, 2.24) is 5.32 Å². The van der Waals surface area contributed by atoms with Crippen LogP contribution in [-0.2, 0) is 0 Å². The zero-order chi connectivity index (χ0) is 6.97. The summed E-state index contributed by atoms with van der Waals surface area (Å²) in [6, 6.07) is 1.65. The molecule has 10 heavy (non-hydrogen) atoms. The van der Waals surface area contributed by atoms with Crippen molar-refractivity contribution in [3.05, 3.63) is 11.6 Å². The van der Waals surface area contributed by atoms with Gasteiger partial charge in [-0.25, -0.2) is 0 Å². The molecule has 2 aliphatic heterocycles. The van der Waals surface area contributed by atoms with Gasteiger partial charge in [-0.05, 0) is 32.6 Å². The van der Waals surface area contributed by atoms with E-state index in [4.69, 9.17) is 0 Å². The van der Waals surface area contributed by atoms with Crippen LogP contribution < -0.4 is 5.32 Å². The zero-order valence-electron chi connectivity index (χ0n) is 6.56. The number of hydrogen-bond donors (Lipinski definition) is 1. The number of allylic oxidation sites excluding steroid dienone is 1. The molecule has 2 aliphatic rings. The molecule has 2 heterocycles. The van der Waals surface area contributed by atoms with E-state index < -0.39 is 0 Å². The second-order valence-electron chi connectivity index (χ2n) is 3.49. The molecule has 0 saturated carbocycles. The van der Waals surface area contributed by atoms with Crippen LogP contribution in [0.2, 0.25) is 0 Å². The Balaban J connectivity index is 2.09. The monoisotopic (exact) mass is 137 g/mol. The molecule has 0 aromatic carbocycles. The molecule has 2 rings (SSSR count). The largest absolute Gasteiger partial charge is 0.311 e. The van der Waals surface area contributed by atoms with E-state index in [1.807, 2.05) is 0 Å². The van der Waals surface area contributed by atoms with Crippen LogP contribution in [0.3, 0.4) is 0 Å². The smallest absolute Gasteiger partial charge is 0.0107 e. The molecule has 1 nitrogen and oxygen atoms in total. The first kappa shape index (κ1) is 6.41. The van der Waals surface area contributed by atoms with E-state index in [0.29, 0.717) is 0 Å². The van der Waals surface area contributed by atoms with Crippen LogP contribution in [0.15, 0.2) is 11.6 Å². The van der Waals surface area contributed by atoms with Crippen molar-refractivity contribution in [2.24, 2.45) is 0 Å². The van der Waals surface area contributed by atoms with Gasteiger partial charge in [-0.1, -0.05) is 11.6 Å². The van der Waals surface area contributed by atoms with Crippen LogP contribution >= 0.6 is 0 Å². The Morgan fingerprint density at radius 2 is 1.90 bits per heavy atom. The number of rotatable bonds is 0. The van der Waals surface area contributed by atoms with E-state index in [2.05, 4.69) is 18.3 Å². The first-order valence-electron chi connectivity index (χ1n) is 4.28. The fraction of sp³-hybridized carbons (Fsp3) is 0.778. The van der Waals surface area contributed by atoms with Crippen LogP contribution in [0.4, 0.5) is 0 Å². The lowest BCUT2D eigenvalue weighted by molar-refractivity contribution is 0.473. The van der Waals surface area contributed by atoms with E-state index in [1.54, 1.807) is 5.57 Å². The summed E-state index contributed by atoms with van der Waals surface area (Å²) >= 11 is 0. The Kier molecular flexibility index (Phi) is 1.53. The van der Waals surface area contributed by atoms with Gasteiger partial charge < -0.3 is 5.32 Å². The van der Waals surface area contributed by atoms with E-state index in [0.717, 1.165) is 12.1 Å². The molecule has 0 aliphatic carbocycles. The minimum absolute atomic E-state index is 0.824. The van der Waals surface area contributed by atoms with Crippen molar-refractivity contribution in [1.29, 1.82) is 0 Å². The molecule has 0 aromatic rings. The first-order valence-corrected chi connectivity index (χ1v) is 4.28. The first-order chi connectivity index (χ1) is 4.88. The molecule has 0 amide bonds. The van der Waals surface area contributed by atoms with Gasteiger partial charge >= 0.3 is 0 Å². The summed E-state index contributed by atoms with van der Waals surface area (Å²) in [5, 5.41) is 3.61. The molecule has 0 radical (unpaired) electrons. The van der Waals surface area contributed by atoms with Gasteiger partial charge in [-0.2, -0.15) is 0 Å². The summed E-state index contributed by atoms with van der Waals surface area (Å²) in [4.78, 5) is 0. The third-order valence-corrected chi connectivity index (χ3v) is 2.76. The molecule has 2 saturated heterocycles. The predicted octanol–water partition coefficient (Wildman–Crippen LogP) is 1.85. The molecule has 0 aromatic heterocycles. The standard InChI is InChI=1S/C9H15N/c1-2-7-5-8-3-4-9(6-7)10-8/h2,8-10H,3-6H2,1H3. The van der Waals surface area contributed by atoms with E-state index in [1.165, 1.54) is 25.7 Å². The Labute approximate surface area is 62.5 Å². The van der Waals surface area contributed by atoms with Crippen LogP contribution in [0.1, 0.15) is 32.6 Å².